The quantitative estimate of drug-likeness (QED) is 0.301. The minimum Gasteiger partial charge on any atom is -0.465 e. The van der Waals surface area contributed by atoms with Crippen molar-refractivity contribution in [3.63, 3.8) is 0 Å². The number of rotatable bonds is 10. The van der Waals surface area contributed by atoms with Gasteiger partial charge in [-0.3, -0.25) is 14.1 Å². The van der Waals surface area contributed by atoms with E-state index in [9.17, 15) is 9.59 Å². The molecule has 0 spiro atoms. The lowest BCUT2D eigenvalue weighted by Gasteiger charge is -2.32. The molecule has 40 heavy (non-hydrogen) atoms. The first-order valence-electron chi connectivity index (χ1n) is 13.4. The molecule has 1 aliphatic heterocycles. The summed E-state index contributed by atoms with van der Waals surface area (Å²) in [6.45, 7) is 6.40. The van der Waals surface area contributed by atoms with Gasteiger partial charge in [0, 0.05) is 47.9 Å². The van der Waals surface area contributed by atoms with Crippen molar-refractivity contribution in [2.24, 2.45) is 4.99 Å². The van der Waals surface area contributed by atoms with Gasteiger partial charge in [0.05, 0.1) is 13.3 Å². The number of aryl methyl sites for hydroxylation is 1. The molecule has 0 saturated carbocycles. The number of esters is 1. The minimum atomic E-state index is -0.550. The molecule has 0 bridgehead atoms. The number of aromatic amines is 1. The molecular weight excluding hydrogens is 510 g/mol. The SMILES string of the molecule is CCCCc1cn(-c2c(C(=O)OC)cnn2C(C)C)c(=O)n1CC1(c2cccc(-c3nnn[nH]3)c2)C=CN=CC1. The maximum absolute atomic E-state index is 14.2. The van der Waals surface area contributed by atoms with Gasteiger partial charge in [0.25, 0.3) is 0 Å². The second kappa shape index (κ2) is 11.2. The molecule has 0 radical (unpaired) electrons. The molecular formula is C28H33N9O3. The number of nitrogens with one attached hydrogen (secondary N) is 1. The third-order valence-corrected chi connectivity index (χ3v) is 7.28. The Kier molecular flexibility index (Phi) is 7.58. The molecule has 4 heterocycles. The summed E-state index contributed by atoms with van der Waals surface area (Å²) >= 11 is 0. The van der Waals surface area contributed by atoms with Crippen molar-refractivity contribution < 1.29 is 9.53 Å². The highest BCUT2D eigenvalue weighted by molar-refractivity contribution is 5.92. The van der Waals surface area contributed by atoms with E-state index in [2.05, 4.69) is 43.7 Å². The summed E-state index contributed by atoms with van der Waals surface area (Å²) in [6, 6.07) is 7.91. The van der Waals surface area contributed by atoms with Crippen LogP contribution in [0.3, 0.4) is 0 Å². The average Bonchev–Trinajstić information content (AvgIpc) is 3.72. The largest absolute Gasteiger partial charge is 0.465 e. The Morgan fingerprint density at radius 3 is 2.80 bits per heavy atom. The first-order valence-corrected chi connectivity index (χ1v) is 13.4. The molecule has 3 aromatic heterocycles. The summed E-state index contributed by atoms with van der Waals surface area (Å²) in [4.78, 5) is 31.2. The van der Waals surface area contributed by atoms with Crippen LogP contribution in [-0.4, -0.2) is 58.8 Å². The van der Waals surface area contributed by atoms with Crippen molar-refractivity contribution in [3.05, 3.63) is 76.2 Å². The Bertz CT molecular complexity index is 1610. The predicted octanol–water partition coefficient (Wildman–Crippen LogP) is 3.65. The molecule has 208 valence electrons. The van der Waals surface area contributed by atoms with Crippen LogP contribution in [0.1, 0.15) is 67.7 Å². The number of nitrogens with zero attached hydrogens (tertiary/aromatic N) is 8. The number of hydrogen-bond donors (Lipinski definition) is 1. The van der Waals surface area contributed by atoms with E-state index in [1.54, 1.807) is 10.9 Å². The van der Waals surface area contributed by atoms with Crippen LogP contribution in [-0.2, 0) is 23.1 Å². The van der Waals surface area contributed by atoms with Gasteiger partial charge in [0.15, 0.2) is 11.6 Å². The third kappa shape index (κ3) is 4.92. The van der Waals surface area contributed by atoms with E-state index in [1.165, 1.54) is 17.9 Å². The fourth-order valence-corrected chi connectivity index (χ4v) is 5.13. The molecule has 12 nitrogen and oxygen atoms in total. The molecule has 1 aromatic carbocycles. The van der Waals surface area contributed by atoms with Gasteiger partial charge in [-0.15, -0.1) is 5.10 Å². The smallest absolute Gasteiger partial charge is 0.343 e. The van der Waals surface area contributed by atoms with Crippen molar-refractivity contribution in [3.8, 4) is 17.2 Å². The van der Waals surface area contributed by atoms with Crippen molar-refractivity contribution in [2.75, 3.05) is 7.11 Å². The predicted molar refractivity (Wildman–Crippen MR) is 150 cm³/mol. The molecule has 1 atom stereocenters. The van der Waals surface area contributed by atoms with Gasteiger partial charge in [-0.05, 0) is 55.2 Å². The summed E-state index contributed by atoms with van der Waals surface area (Å²) in [6.07, 6.45) is 12.2. The number of tetrazole rings is 1. The second-order valence-electron chi connectivity index (χ2n) is 10.2. The van der Waals surface area contributed by atoms with Gasteiger partial charge in [-0.25, -0.2) is 19.4 Å². The Balaban J connectivity index is 1.66. The number of aliphatic imine (C=N–C) groups is 1. The zero-order valence-electron chi connectivity index (χ0n) is 23.1. The Hall–Kier alpha value is -4.61. The second-order valence-corrected chi connectivity index (χ2v) is 10.2. The first kappa shape index (κ1) is 27.0. The average molecular weight is 544 g/mol. The van der Waals surface area contributed by atoms with Crippen LogP contribution in [0.25, 0.3) is 17.2 Å². The van der Waals surface area contributed by atoms with E-state index in [4.69, 9.17) is 4.74 Å². The molecule has 0 fully saturated rings. The van der Waals surface area contributed by atoms with Gasteiger partial charge < -0.3 is 4.74 Å². The van der Waals surface area contributed by atoms with Crippen LogP contribution in [0.15, 0.2) is 58.7 Å². The van der Waals surface area contributed by atoms with Gasteiger partial charge in [0.2, 0.25) is 0 Å². The number of imidazole rings is 1. The van der Waals surface area contributed by atoms with Gasteiger partial charge in [0.1, 0.15) is 5.56 Å². The van der Waals surface area contributed by atoms with Gasteiger partial charge in [-0.1, -0.05) is 37.6 Å². The molecule has 1 aliphatic rings. The molecule has 1 N–H and O–H groups in total. The molecule has 0 aliphatic carbocycles. The number of hydrogen-bond acceptors (Lipinski definition) is 8. The van der Waals surface area contributed by atoms with E-state index >= 15 is 0 Å². The van der Waals surface area contributed by atoms with Crippen LogP contribution in [0.4, 0.5) is 0 Å². The van der Waals surface area contributed by atoms with E-state index in [0.717, 1.165) is 29.7 Å². The van der Waals surface area contributed by atoms with E-state index < -0.39 is 11.4 Å². The summed E-state index contributed by atoms with van der Waals surface area (Å²) in [7, 11) is 1.32. The maximum atomic E-state index is 14.2. The summed E-state index contributed by atoms with van der Waals surface area (Å²) in [5.74, 6) is 0.422. The first-order chi connectivity index (χ1) is 19.4. The van der Waals surface area contributed by atoms with Crippen molar-refractivity contribution in [1.29, 1.82) is 0 Å². The number of H-pyrrole nitrogens is 1. The number of aromatic nitrogens is 8. The molecule has 0 amide bonds. The number of unbranched alkanes of at least 4 members (excludes halogenated alkanes) is 1. The Labute approximate surface area is 231 Å². The molecule has 12 heteroatoms. The fourth-order valence-electron chi connectivity index (χ4n) is 5.13. The van der Waals surface area contributed by atoms with Crippen LogP contribution in [0.5, 0.6) is 0 Å². The monoisotopic (exact) mass is 543 g/mol. The number of allylic oxidation sites excluding steroid dienone is 1. The summed E-state index contributed by atoms with van der Waals surface area (Å²) in [5.41, 5.74) is 2.18. The highest BCUT2D eigenvalue weighted by Gasteiger charge is 2.34. The van der Waals surface area contributed by atoms with E-state index in [0.29, 0.717) is 31.0 Å². The summed E-state index contributed by atoms with van der Waals surface area (Å²) in [5, 5.41) is 18.7. The van der Waals surface area contributed by atoms with Crippen molar-refractivity contribution in [2.45, 2.75) is 64.5 Å². The van der Waals surface area contributed by atoms with Crippen LogP contribution in [0, 0.1) is 0 Å². The Morgan fingerprint density at radius 2 is 2.12 bits per heavy atom. The van der Waals surface area contributed by atoms with Crippen molar-refractivity contribution >= 4 is 12.2 Å². The third-order valence-electron chi connectivity index (χ3n) is 7.28. The number of methoxy groups -OCH3 is 1. The van der Waals surface area contributed by atoms with Crippen molar-refractivity contribution in [1.82, 2.24) is 39.5 Å². The van der Waals surface area contributed by atoms with Gasteiger partial charge in [-0.2, -0.15) is 5.10 Å². The fraction of sp³-hybridized carbons (Fsp3) is 0.393. The van der Waals surface area contributed by atoms with Crippen LogP contribution < -0.4 is 5.69 Å². The molecule has 0 saturated heterocycles. The summed E-state index contributed by atoms with van der Waals surface area (Å²) < 4.78 is 10.1. The number of benzene rings is 1. The van der Waals surface area contributed by atoms with Crippen LogP contribution >= 0.6 is 0 Å². The lowest BCUT2D eigenvalue weighted by molar-refractivity contribution is 0.0600. The molecule has 5 rings (SSSR count). The number of ether oxygens (including phenoxy) is 1. The van der Waals surface area contributed by atoms with Gasteiger partial charge >= 0.3 is 11.7 Å². The molecule has 1 unspecified atom stereocenters. The topological polar surface area (TPSA) is 138 Å². The van der Waals surface area contributed by atoms with E-state index in [-0.39, 0.29) is 17.3 Å². The zero-order chi connectivity index (χ0) is 28.3. The zero-order valence-corrected chi connectivity index (χ0v) is 23.1. The lowest BCUT2D eigenvalue weighted by atomic mass is 9.76. The maximum Gasteiger partial charge on any atom is 0.343 e. The standard InChI is InChI=1S/C28H33N9O3/c1-5-6-10-22-17-35(25-23(26(38)40-4)16-30-37(25)19(2)3)27(39)36(22)18-28(11-13-29-14-12-28)21-9-7-8-20(15-21)24-31-33-34-32-24/h7-9,11,13-17,19H,5-6,10,12,18H2,1-4H3,(H,31,32,33,34). The Morgan fingerprint density at radius 1 is 1.27 bits per heavy atom. The minimum absolute atomic E-state index is 0.0834. The normalized spacial score (nSPS) is 16.6. The van der Waals surface area contributed by atoms with Crippen LogP contribution in [0.2, 0.25) is 0 Å². The van der Waals surface area contributed by atoms with E-state index in [1.807, 2.05) is 55.1 Å². The number of carbonyl (C=O) groups excluding carboxylic acids is 1. The number of carbonyl (C=O) groups is 1. The highest BCUT2D eigenvalue weighted by Crippen LogP contribution is 2.35. The highest BCUT2D eigenvalue weighted by atomic mass is 16.5. The lowest BCUT2D eigenvalue weighted by Crippen LogP contribution is -2.37. The molecule has 4 aromatic rings.